The molecule has 0 fully saturated rings. The number of amides is 2. The van der Waals surface area contributed by atoms with Crippen molar-refractivity contribution in [1.29, 1.82) is 0 Å². The minimum absolute atomic E-state index is 0.139. The van der Waals surface area contributed by atoms with Crippen LogP contribution in [-0.4, -0.2) is 32.5 Å². The lowest BCUT2D eigenvalue weighted by Gasteiger charge is -2.15. The molecule has 0 aliphatic rings. The van der Waals surface area contributed by atoms with Crippen LogP contribution in [0.2, 0.25) is 0 Å². The van der Waals surface area contributed by atoms with Crippen LogP contribution >= 0.6 is 0 Å². The topological polar surface area (TPSA) is 67.4 Å². The molecular formula is C20H22N2O3. The Bertz CT molecular complexity index is 724. The lowest BCUT2D eigenvalue weighted by Crippen LogP contribution is -2.27. The van der Waals surface area contributed by atoms with E-state index in [1.807, 2.05) is 30.3 Å². The fraction of sp³-hybridized carbons (Fsp3) is 0.200. The zero-order chi connectivity index (χ0) is 18.1. The fourth-order valence-electron chi connectivity index (χ4n) is 2.32. The normalized spacial score (nSPS) is 11.9. The molecular weight excluding hydrogens is 316 g/mol. The second kappa shape index (κ2) is 9.39. The number of benzene rings is 2. The molecule has 0 saturated heterocycles. The van der Waals surface area contributed by atoms with Crippen molar-refractivity contribution in [1.82, 2.24) is 10.6 Å². The number of nitrogens with one attached hydrogen (secondary N) is 2. The summed E-state index contributed by atoms with van der Waals surface area (Å²) in [6.45, 7) is 0.388. The molecule has 0 heterocycles. The molecule has 2 aromatic rings. The third-order valence-corrected chi connectivity index (χ3v) is 3.74. The summed E-state index contributed by atoms with van der Waals surface area (Å²) in [5, 5.41) is 5.39. The van der Waals surface area contributed by atoms with E-state index in [9.17, 15) is 9.59 Å². The molecule has 2 rings (SSSR count). The van der Waals surface area contributed by atoms with Crippen LogP contribution in [-0.2, 0) is 9.53 Å². The third kappa shape index (κ3) is 5.58. The van der Waals surface area contributed by atoms with Crippen molar-refractivity contribution in [2.24, 2.45) is 0 Å². The highest BCUT2D eigenvalue weighted by Crippen LogP contribution is 2.14. The van der Waals surface area contributed by atoms with Gasteiger partial charge in [0.15, 0.2) is 0 Å². The van der Waals surface area contributed by atoms with Crippen molar-refractivity contribution in [2.45, 2.75) is 6.10 Å². The van der Waals surface area contributed by atoms with E-state index in [1.54, 1.807) is 44.5 Å². The van der Waals surface area contributed by atoms with Crippen molar-refractivity contribution in [3.63, 3.8) is 0 Å². The van der Waals surface area contributed by atoms with Gasteiger partial charge < -0.3 is 15.4 Å². The maximum absolute atomic E-state index is 12.0. The summed E-state index contributed by atoms with van der Waals surface area (Å²) in [7, 11) is 3.21. The largest absolute Gasteiger partial charge is 0.375 e. The first-order valence-corrected chi connectivity index (χ1v) is 8.00. The molecule has 0 aliphatic heterocycles. The van der Waals surface area contributed by atoms with E-state index in [0.717, 1.165) is 11.1 Å². The van der Waals surface area contributed by atoms with E-state index in [4.69, 9.17) is 4.74 Å². The number of carbonyl (C=O) groups is 2. The second-order valence-corrected chi connectivity index (χ2v) is 5.41. The Labute approximate surface area is 147 Å². The smallest absolute Gasteiger partial charge is 0.251 e. The van der Waals surface area contributed by atoms with Crippen LogP contribution in [0, 0.1) is 0 Å². The molecule has 2 N–H and O–H groups in total. The Balaban J connectivity index is 1.89. The molecule has 2 amide bonds. The van der Waals surface area contributed by atoms with Gasteiger partial charge in [-0.15, -0.1) is 0 Å². The predicted octanol–water partition coefficient (Wildman–Crippen LogP) is 2.56. The van der Waals surface area contributed by atoms with Gasteiger partial charge in [0.05, 0.1) is 6.10 Å². The first kappa shape index (κ1) is 18.4. The van der Waals surface area contributed by atoms with Crippen LogP contribution in [0.5, 0.6) is 0 Å². The maximum Gasteiger partial charge on any atom is 0.251 e. The van der Waals surface area contributed by atoms with E-state index in [-0.39, 0.29) is 17.9 Å². The predicted molar refractivity (Wildman–Crippen MR) is 98.1 cm³/mol. The van der Waals surface area contributed by atoms with E-state index < -0.39 is 0 Å². The molecule has 0 radical (unpaired) electrons. The van der Waals surface area contributed by atoms with Gasteiger partial charge in [-0.1, -0.05) is 42.5 Å². The SMILES string of the molecule is CNC(=O)c1ccc(/C=C/C(=O)NC[C@@H](OC)c2ccccc2)cc1. The van der Waals surface area contributed by atoms with E-state index in [2.05, 4.69) is 10.6 Å². The molecule has 2 aromatic carbocycles. The van der Waals surface area contributed by atoms with Gasteiger partial charge in [0.25, 0.3) is 5.91 Å². The van der Waals surface area contributed by atoms with Crippen LogP contribution in [0.3, 0.4) is 0 Å². The van der Waals surface area contributed by atoms with Crippen molar-refractivity contribution in [3.05, 3.63) is 77.4 Å². The van der Waals surface area contributed by atoms with Gasteiger partial charge in [0.1, 0.15) is 0 Å². The Kier molecular flexibility index (Phi) is 6.92. The number of hydrogen-bond acceptors (Lipinski definition) is 3. The van der Waals surface area contributed by atoms with E-state index in [0.29, 0.717) is 12.1 Å². The zero-order valence-electron chi connectivity index (χ0n) is 14.4. The number of methoxy groups -OCH3 is 1. The minimum atomic E-state index is -0.201. The molecule has 0 aliphatic carbocycles. The molecule has 0 saturated carbocycles. The Morgan fingerprint density at radius 2 is 1.76 bits per heavy atom. The summed E-state index contributed by atoms with van der Waals surface area (Å²) in [6.07, 6.45) is 2.98. The molecule has 5 nitrogen and oxygen atoms in total. The summed E-state index contributed by atoms with van der Waals surface area (Å²) in [5.41, 5.74) is 2.43. The summed E-state index contributed by atoms with van der Waals surface area (Å²) >= 11 is 0. The summed E-state index contributed by atoms with van der Waals surface area (Å²) in [4.78, 5) is 23.5. The van der Waals surface area contributed by atoms with Gasteiger partial charge in [0, 0.05) is 32.3 Å². The van der Waals surface area contributed by atoms with Gasteiger partial charge >= 0.3 is 0 Å². The molecule has 1 atom stereocenters. The van der Waals surface area contributed by atoms with Gasteiger partial charge in [-0.25, -0.2) is 0 Å². The highest BCUT2D eigenvalue weighted by Gasteiger charge is 2.10. The molecule has 5 heteroatoms. The summed E-state index contributed by atoms with van der Waals surface area (Å²) in [5.74, 6) is -0.340. The van der Waals surface area contributed by atoms with Crippen LogP contribution < -0.4 is 10.6 Å². The highest BCUT2D eigenvalue weighted by atomic mass is 16.5. The number of ether oxygens (including phenoxy) is 1. The van der Waals surface area contributed by atoms with Gasteiger partial charge in [-0.3, -0.25) is 9.59 Å². The van der Waals surface area contributed by atoms with Crippen molar-refractivity contribution in [2.75, 3.05) is 20.7 Å². The number of carbonyl (C=O) groups excluding carboxylic acids is 2. The third-order valence-electron chi connectivity index (χ3n) is 3.74. The Morgan fingerprint density at radius 1 is 1.08 bits per heavy atom. The first-order chi connectivity index (χ1) is 12.1. The monoisotopic (exact) mass is 338 g/mol. The lowest BCUT2D eigenvalue weighted by molar-refractivity contribution is -0.117. The molecule has 0 aromatic heterocycles. The quantitative estimate of drug-likeness (QED) is 0.763. The average Bonchev–Trinajstić information content (AvgIpc) is 2.67. The fourth-order valence-corrected chi connectivity index (χ4v) is 2.32. The first-order valence-electron chi connectivity index (χ1n) is 8.00. The minimum Gasteiger partial charge on any atom is -0.375 e. The van der Waals surface area contributed by atoms with Gasteiger partial charge in [0.2, 0.25) is 5.91 Å². The lowest BCUT2D eigenvalue weighted by atomic mass is 10.1. The van der Waals surface area contributed by atoms with Gasteiger partial charge in [-0.05, 0) is 29.3 Å². The van der Waals surface area contributed by atoms with Crippen LogP contribution in [0.15, 0.2) is 60.7 Å². The van der Waals surface area contributed by atoms with Crippen molar-refractivity contribution >= 4 is 17.9 Å². The summed E-state index contributed by atoms with van der Waals surface area (Å²) < 4.78 is 5.42. The Morgan fingerprint density at radius 3 is 2.36 bits per heavy atom. The molecule has 0 unspecified atom stereocenters. The standard InChI is InChI=1S/C20H22N2O3/c1-21-20(24)17-11-8-15(9-12-17)10-13-19(23)22-14-18(25-2)16-6-4-3-5-7-16/h3-13,18H,14H2,1-2H3,(H,21,24)(H,22,23)/b13-10+/t18-/m1/s1. The summed E-state index contributed by atoms with van der Waals surface area (Å²) in [6, 6.07) is 16.7. The van der Waals surface area contributed by atoms with Crippen molar-refractivity contribution in [3.8, 4) is 0 Å². The zero-order valence-corrected chi connectivity index (χ0v) is 14.4. The molecule has 0 spiro atoms. The highest BCUT2D eigenvalue weighted by molar-refractivity contribution is 5.94. The van der Waals surface area contributed by atoms with E-state index in [1.165, 1.54) is 6.08 Å². The second-order valence-electron chi connectivity index (χ2n) is 5.41. The van der Waals surface area contributed by atoms with Crippen LogP contribution in [0.25, 0.3) is 6.08 Å². The number of hydrogen-bond donors (Lipinski definition) is 2. The van der Waals surface area contributed by atoms with Crippen molar-refractivity contribution < 1.29 is 14.3 Å². The Hall–Kier alpha value is -2.92. The molecule has 130 valence electrons. The maximum atomic E-state index is 12.0. The number of rotatable bonds is 7. The average molecular weight is 338 g/mol. The van der Waals surface area contributed by atoms with Crippen LogP contribution in [0.1, 0.15) is 27.6 Å². The molecule has 25 heavy (non-hydrogen) atoms. The molecule has 0 bridgehead atoms. The van der Waals surface area contributed by atoms with Gasteiger partial charge in [-0.2, -0.15) is 0 Å². The van der Waals surface area contributed by atoms with Crippen LogP contribution in [0.4, 0.5) is 0 Å². The van der Waals surface area contributed by atoms with E-state index >= 15 is 0 Å².